The normalized spacial score (nSPS) is 12.0. The number of ether oxygens (including phenoxy) is 1. The Balaban J connectivity index is 3.48. The van der Waals surface area contributed by atoms with Gasteiger partial charge < -0.3 is 4.74 Å². The van der Waals surface area contributed by atoms with E-state index in [0.717, 1.165) is 6.42 Å². The fourth-order valence-electron chi connectivity index (χ4n) is 0.858. The van der Waals surface area contributed by atoms with Crippen LogP contribution in [0.4, 0.5) is 0 Å². The van der Waals surface area contributed by atoms with Crippen LogP contribution in [0.15, 0.2) is 12.2 Å². The van der Waals surface area contributed by atoms with Crippen LogP contribution < -0.4 is 0 Å². The maximum Gasteiger partial charge on any atom is 0.305 e. The number of hydrogen-bond acceptors (Lipinski definition) is 2. The number of carbonyl (C=O) groups is 1. The molecule has 0 amide bonds. The topological polar surface area (TPSA) is 26.3 Å². The van der Waals surface area contributed by atoms with Crippen LogP contribution >= 0.6 is 0 Å². The lowest BCUT2D eigenvalue weighted by Crippen LogP contribution is -2.17. The van der Waals surface area contributed by atoms with Gasteiger partial charge in [-0.1, -0.05) is 31.8 Å². The van der Waals surface area contributed by atoms with Crippen LogP contribution in [-0.4, -0.2) is 21.2 Å². The highest BCUT2D eigenvalue weighted by atomic mass is 28.3. The van der Waals surface area contributed by atoms with E-state index in [2.05, 4.69) is 36.5 Å². The number of allylic oxidation sites excluding steroid dienone is 2. The molecule has 3 heteroatoms. The molecule has 76 valence electrons. The summed E-state index contributed by atoms with van der Waals surface area (Å²) in [4.78, 5) is 10.7. The highest BCUT2D eigenvalue weighted by Crippen LogP contribution is 2.08. The first-order chi connectivity index (χ1) is 5.95. The number of rotatable bonds is 5. The van der Waals surface area contributed by atoms with Crippen molar-refractivity contribution >= 4 is 14.0 Å². The molecule has 0 aliphatic rings. The molecule has 0 aliphatic heterocycles. The highest BCUT2D eigenvalue weighted by molar-refractivity contribution is 6.76. The molecule has 0 N–H and O–H groups in total. The summed E-state index contributed by atoms with van der Waals surface area (Å²) in [7, 11) is 0.479. The summed E-state index contributed by atoms with van der Waals surface area (Å²) in [5.74, 6) is -0.127. The van der Waals surface area contributed by atoms with Crippen LogP contribution in [0.2, 0.25) is 25.7 Å². The van der Waals surface area contributed by atoms with E-state index in [4.69, 9.17) is 0 Å². The first kappa shape index (κ1) is 12.4. The first-order valence-corrected chi connectivity index (χ1v) is 8.38. The van der Waals surface area contributed by atoms with Crippen LogP contribution in [0.3, 0.4) is 0 Å². The van der Waals surface area contributed by atoms with Gasteiger partial charge in [0.25, 0.3) is 0 Å². The SMILES string of the molecule is COC(=O)CC/C=C/C[Si](C)(C)C. The van der Waals surface area contributed by atoms with E-state index in [-0.39, 0.29) is 5.97 Å². The van der Waals surface area contributed by atoms with E-state index in [1.165, 1.54) is 13.2 Å². The van der Waals surface area contributed by atoms with Crippen LogP contribution in [0.25, 0.3) is 0 Å². The van der Waals surface area contributed by atoms with E-state index >= 15 is 0 Å². The lowest BCUT2D eigenvalue weighted by Gasteiger charge is -2.11. The van der Waals surface area contributed by atoms with E-state index in [1.54, 1.807) is 0 Å². The van der Waals surface area contributed by atoms with Crippen molar-refractivity contribution in [2.24, 2.45) is 0 Å². The van der Waals surface area contributed by atoms with Gasteiger partial charge in [-0.05, 0) is 12.5 Å². The highest BCUT2D eigenvalue weighted by Gasteiger charge is 2.09. The second kappa shape index (κ2) is 5.97. The van der Waals surface area contributed by atoms with Gasteiger partial charge in [0, 0.05) is 14.5 Å². The number of carbonyl (C=O) groups excluding carboxylic acids is 1. The summed E-state index contributed by atoms with van der Waals surface area (Å²) in [6.45, 7) is 6.99. The van der Waals surface area contributed by atoms with Gasteiger partial charge in [-0.2, -0.15) is 0 Å². The summed E-state index contributed by atoms with van der Waals surface area (Å²) in [6, 6.07) is 1.19. The monoisotopic (exact) mass is 200 g/mol. The zero-order valence-corrected chi connectivity index (χ0v) is 10.1. The third kappa shape index (κ3) is 9.34. The second-order valence-electron chi connectivity index (χ2n) is 4.35. The summed E-state index contributed by atoms with van der Waals surface area (Å²) >= 11 is 0. The van der Waals surface area contributed by atoms with Gasteiger partial charge in [-0.3, -0.25) is 4.79 Å². The number of hydrogen-bond donors (Lipinski definition) is 0. The van der Waals surface area contributed by atoms with Crippen molar-refractivity contribution in [1.29, 1.82) is 0 Å². The van der Waals surface area contributed by atoms with Crippen LogP contribution in [-0.2, 0) is 9.53 Å². The number of esters is 1. The van der Waals surface area contributed by atoms with Crippen molar-refractivity contribution < 1.29 is 9.53 Å². The van der Waals surface area contributed by atoms with Crippen molar-refractivity contribution in [3.8, 4) is 0 Å². The fraction of sp³-hybridized carbons (Fsp3) is 0.700. The first-order valence-electron chi connectivity index (χ1n) is 4.67. The standard InChI is InChI=1S/C10H20O2Si/c1-12-10(11)8-6-5-7-9-13(2,3)4/h5,7H,6,8-9H2,1-4H3/b7-5+. The van der Waals surface area contributed by atoms with Crippen molar-refractivity contribution in [2.45, 2.75) is 38.5 Å². The molecule has 0 rings (SSSR count). The Morgan fingerprint density at radius 3 is 2.38 bits per heavy atom. The maximum atomic E-state index is 10.7. The average Bonchev–Trinajstić information content (AvgIpc) is 2.01. The third-order valence-electron chi connectivity index (χ3n) is 1.64. The minimum absolute atomic E-state index is 0.127. The van der Waals surface area contributed by atoms with Gasteiger partial charge in [0.2, 0.25) is 0 Å². The molecule has 13 heavy (non-hydrogen) atoms. The Morgan fingerprint density at radius 2 is 1.92 bits per heavy atom. The average molecular weight is 200 g/mol. The maximum absolute atomic E-state index is 10.7. The molecule has 0 heterocycles. The Bertz CT molecular complexity index is 180. The fourth-order valence-corrected chi connectivity index (χ4v) is 1.73. The molecule has 2 nitrogen and oxygen atoms in total. The molecule has 0 saturated heterocycles. The summed E-state index contributed by atoms with van der Waals surface area (Å²) in [5, 5.41) is 0. The zero-order chi connectivity index (χ0) is 10.3. The van der Waals surface area contributed by atoms with Crippen LogP contribution in [0.5, 0.6) is 0 Å². The van der Waals surface area contributed by atoms with Crippen LogP contribution in [0, 0.1) is 0 Å². The van der Waals surface area contributed by atoms with Crippen molar-refractivity contribution in [3.05, 3.63) is 12.2 Å². The molecular formula is C10H20O2Si. The van der Waals surface area contributed by atoms with Crippen LogP contribution in [0.1, 0.15) is 12.8 Å². The molecule has 0 aromatic rings. The van der Waals surface area contributed by atoms with Gasteiger partial charge in [0.1, 0.15) is 0 Å². The molecule has 0 atom stereocenters. The smallest absolute Gasteiger partial charge is 0.305 e. The minimum atomic E-state index is -0.946. The lowest BCUT2D eigenvalue weighted by molar-refractivity contribution is -0.140. The van der Waals surface area contributed by atoms with Gasteiger partial charge in [-0.25, -0.2) is 0 Å². The minimum Gasteiger partial charge on any atom is -0.469 e. The molecule has 0 aromatic carbocycles. The quantitative estimate of drug-likeness (QED) is 0.387. The molecule has 0 aliphatic carbocycles. The molecule has 0 spiro atoms. The molecule has 0 radical (unpaired) electrons. The largest absolute Gasteiger partial charge is 0.469 e. The summed E-state index contributed by atoms with van der Waals surface area (Å²) < 4.78 is 4.53. The third-order valence-corrected chi connectivity index (χ3v) is 3.10. The zero-order valence-electron chi connectivity index (χ0n) is 9.09. The Morgan fingerprint density at radius 1 is 1.31 bits per heavy atom. The van der Waals surface area contributed by atoms with Crippen molar-refractivity contribution in [3.63, 3.8) is 0 Å². The van der Waals surface area contributed by atoms with E-state index in [0.29, 0.717) is 6.42 Å². The van der Waals surface area contributed by atoms with Crippen molar-refractivity contribution in [1.82, 2.24) is 0 Å². The molecule has 0 aromatic heterocycles. The van der Waals surface area contributed by atoms with Gasteiger partial charge in [-0.15, -0.1) is 0 Å². The predicted molar refractivity (Wildman–Crippen MR) is 58.5 cm³/mol. The Labute approximate surface area is 82.0 Å². The summed E-state index contributed by atoms with van der Waals surface area (Å²) in [6.07, 6.45) is 5.57. The molecule has 0 bridgehead atoms. The molecule has 0 unspecified atom stereocenters. The summed E-state index contributed by atoms with van der Waals surface area (Å²) in [5.41, 5.74) is 0. The van der Waals surface area contributed by atoms with Crippen molar-refractivity contribution in [2.75, 3.05) is 7.11 Å². The Kier molecular flexibility index (Phi) is 5.71. The molecule has 0 saturated carbocycles. The predicted octanol–water partition coefficient (Wildman–Crippen LogP) is 2.83. The lowest BCUT2D eigenvalue weighted by atomic mass is 10.3. The Hall–Kier alpha value is -0.573. The number of methoxy groups -OCH3 is 1. The second-order valence-corrected chi connectivity index (χ2v) is 9.88. The van der Waals surface area contributed by atoms with Gasteiger partial charge in [0.15, 0.2) is 0 Å². The molecular weight excluding hydrogens is 180 g/mol. The van der Waals surface area contributed by atoms with E-state index in [1.807, 2.05) is 0 Å². The van der Waals surface area contributed by atoms with E-state index in [9.17, 15) is 4.79 Å². The van der Waals surface area contributed by atoms with Gasteiger partial charge >= 0.3 is 5.97 Å². The molecule has 0 fully saturated rings. The van der Waals surface area contributed by atoms with E-state index < -0.39 is 8.07 Å². The van der Waals surface area contributed by atoms with Gasteiger partial charge in [0.05, 0.1) is 7.11 Å².